The third kappa shape index (κ3) is 2.88. The molecule has 3 rings (SSSR count). The van der Waals surface area contributed by atoms with Crippen LogP contribution < -0.4 is 11.1 Å². The third-order valence-corrected chi connectivity index (χ3v) is 6.24. The Bertz CT molecular complexity index is 767. The van der Waals surface area contributed by atoms with E-state index in [0.717, 1.165) is 47.5 Å². The van der Waals surface area contributed by atoms with Crippen LogP contribution in [0.15, 0.2) is 6.07 Å². The van der Waals surface area contributed by atoms with Crippen molar-refractivity contribution in [2.75, 3.05) is 5.32 Å². The second-order valence-electron chi connectivity index (χ2n) is 4.97. The van der Waals surface area contributed by atoms with E-state index in [1.165, 1.54) is 17.4 Å². The molecule has 1 aliphatic rings. The van der Waals surface area contributed by atoms with Gasteiger partial charge in [0, 0.05) is 4.88 Å². The lowest BCUT2D eigenvalue weighted by molar-refractivity contribution is 0.100. The summed E-state index contributed by atoms with van der Waals surface area (Å²) in [5.41, 5.74) is 7.22. The standard InChI is InChI=1S/C14H12Cl2N2O2S2/c15-9-5-7(11(16)22-9)13(20)18-14-10(12(17)19)6-3-1-2-4-8(6)21-14/h5H,1-4H2,(H2,17,19)(H,18,20). The number of carbonyl (C=O) groups excluding carboxylic acids is 2. The number of carbonyl (C=O) groups is 2. The van der Waals surface area contributed by atoms with Gasteiger partial charge in [-0.2, -0.15) is 0 Å². The highest BCUT2D eigenvalue weighted by molar-refractivity contribution is 7.20. The van der Waals surface area contributed by atoms with Gasteiger partial charge in [-0.3, -0.25) is 9.59 Å². The lowest BCUT2D eigenvalue weighted by atomic mass is 9.95. The van der Waals surface area contributed by atoms with Crippen LogP contribution in [0, 0.1) is 0 Å². The predicted molar refractivity (Wildman–Crippen MR) is 91.8 cm³/mol. The highest BCUT2D eigenvalue weighted by Gasteiger charge is 2.26. The van der Waals surface area contributed by atoms with E-state index in [4.69, 9.17) is 28.9 Å². The first-order valence-corrected chi connectivity index (χ1v) is 9.06. The van der Waals surface area contributed by atoms with Crippen molar-refractivity contribution in [2.24, 2.45) is 5.73 Å². The van der Waals surface area contributed by atoms with Gasteiger partial charge in [-0.15, -0.1) is 22.7 Å². The number of thiophene rings is 2. The van der Waals surface area contributed by atoms with Crippen LogP contribution in [0.4, 0.5) is 5.00 Å². The average molecular weight is 375 g/mol. The number of anilines is 1. The van der Waals surface area contributed by atoms with Crippen LogP contribution >= 0.6 is 45.9 Å². The second-order valence-corrected chi connectivity index (χ2v) is 8.36. The summed E-state index contributed by atoms with van der Waals surface area (Å²) >= 11 is 14.4. The molecule has 0 fully saturated rings. The smallest absolute Gasteiger partial charge is 0.258 e. The first-order chi connectivity index (χ1) is 10.5. The van der Waals surface area contributed by atoms with Gasteiger partial charge >= 0.3 is 0 Å². The van der Waals surface area contributed by atoms with Crippen molar-refractivity contribution in [3.05, 3.63) is 36.3 Å². The summed E-state index contributed by atoms with van der Waals surface area (Å²) in [6, 6.07) is 1.52. The lowest BCUT2D eigenvalue weighted by Gasteiger charge is -2.11. The fourth-order valence-electron chi connectivity index (χ4n) is 2.58. The number of fused-ring (bicyclic) bond motifs is 1. The van der Waals surface area contributed by atoms with Crippen LogP contribution in [0.25, 0.3) is 0 Å². The molecule has 0 atom stereocenters. The molecule has 2 heterocycles. The number of primary amides is 1. The first kappa shape index (κ1) is 15.8. The van der Waals surface area contributed by atoms with Gasteiger partial charge in [0.05, 0.1) is 15.5 Å². The van der Waals surface area contributed by atoms with Crippen LogP contribution in [-0.2, 0) is 12.8 Å². The van der Waals surface area contributed by atoms with Crippen LogP contribution in [0.3, 0.4) is 0 Å². The summed E-state index contributed by atoms with van der Waals surface area (Å²) in [7, 11) is 0. The Morgan fingerprint density at radius 2 is 1.91 bits per heavy atom. The molecule has 3 N–H and O–H groups in total. The minimum Gasteiger partial charge on any atom is -0.365 e. The Morgan fingerprint density at radius 3 is 2.55 bits per heavy atom. The lowest BCUT2D eigenvalue weighted by Crippen LogP contribution is -2.18. The van der Waals surface area contributed by atoms with Crippen molar-refractivity contribution in [2.45, 2.75) is 25.7 Å². The van der Waals surface area contributed by atoms with Crippen LogP contribution in [-0.4, -0.2) is 11.8 Å². The molecular weight excluding hydrogens is 363 g/mol. The van der Waals surface area contributed by atoms with E-state index in [1.807, 2.05) is 0 Å². The van der Waals surface area contributed by atoms with Crippen molar-refractivity contribution >= 4 is 62.7 Å². The minimum atomic E-state index is -0.510. The van der Waals surface area contributed by atoms with Gasteiger partial charge in [0.2, 0.25) is 0 Å². The molecule has 0 saturated carbocycles. The van der Waals surface area contributed by atoms with E-state index in [1.54, 1.807) is 0 Å². The van der Waals surface area contributed by atoms with Crippen molar-refractivity contribution < 1.29 is 9.59 Å². The fraction of sp³-hybridized carbons (Fsp3) is 0.286. The summed E-state index contributed by atoms with van der Waals surface area (Å²) in [6.45, 7) is 0. The number of rotatable bonds is 3. The van der Waals surface area contributed by atoms with Crippen molar-refractivity contribution in [1.82, 2.24) is 0 Å². The maximum atomic E-state index is 12.3. The van der Waals surface area contributed by atoms with Crippen LogP contribution in [0.5, 0.6) is 0 Å². The quantitative estimate of drug-likeness (QED) is 0.837. The highest BCUT2D eigenvalue weighted by Crippen LogP contribution is 2.39. The molecule has 116 valence electrons. The summed E-state index contributed by atoms with van der Waals surface area (Å²) in [5.74, 6) is -0.890. The SMILES string of the molecule is NC(=O)c1c(NC(=O)c2cc(Cl)sc2Cl)sc2c1CCCC2. The molecule has 0 aliphatic heterocycles. The molecule has 0 saturated heterocycles. The van der Waals surface area contributed by atoms with Gasteiger partial charge in [0.1, 0.15) is 9.34 Å². The average Bonchev–Trinajstić information content (AvgIpc) is 2.97. The Balaban J connectivity index is 1.95. The normalized spacial score (nSPS) is 13.7. The van der Waals surface area contributed by atoms with E-state index in [-0.39, 0.29) is 5.91 Å². The summed E-state index contributed by atoms with van der Waals surface area (Å²) in [6.07, 6.45) is 3.86. The Hall–Kier alpha value is -1.08. The van der Waals surface area contributed by atoms with Crippen LogP contribution in [0.1, 0.15) is 44.0 Å². The largest absolute Gasteiger partial charge is 0.365 e. The molecule has 0 aromatic carbocycles. The summed E-state index contributed by atoms with van der Waals surface area (Å²) in [4.78, 5) is 25.2. The van der Waals surface area contributed by atoms with Gasteiger partial charge in [-0.1, -0.05) is 23.2 Å². The number of nitrogens with two attached hydrogens (primary N) is 1. The van der Waals surface area contributed by atoms with E-state index < -0.39 is 5.91 Å². The number of halogens is 2. The Labute approximate surface area is 145 Å². The maximum absolute atomic E-state index is 12.3. The Kier molecular flexibility index (Phi) is 4.45. The molecule has 0 unspecified atom stereocenters. The Morgan fingerprint density at radius 1 is 1.18 bits per heavy atom. The molecule has 4 nitrogen and oxygen atoms in total. The number of amides is 2. The molecule has 22 heavy (non-hydrogen) atoms. The van der Waals surface area contributed by atoms with Gasteiger partial charge < -0.3 is 11.1 Å². The topological polar surface area (TPSA) is 72.2 Å². The van der Waals surface area contributed by atoms with Gasteiger partial charge in [-0.05, 0) is 37.3 Å². The van der Waals surface area contributed by atoms with E-state index in [9.17, 15) is 9.59 Å². The van der Waals surface area contributed by atoms with E-state index >= 15 is 0 Å². The summed E-state index contributed by atoms with van der Waals surface area (Å²) < 4.78 is 0.764. The maximum Gasteiger partial charge on any atom is 0.258 e. The zero-order chi connectivity index (χ0) is 15.9. The molecular formula is C14H12Cl2N2O2S2. The first-order valence-electron chi connectivity index (χ1n) is 6.68. The van der Waals surface area contributed by atoms with Gasteiger partial charge in [0.25, 0.3) is 11.8 Å². The van der Waals surface area contributed by atoms with E-state index in [2.05, 4.69) is 5.32 Å². The number of nitrogens with one attached hydrogen (secondary N) is 1. The van der Waals surface area contributed by atoms with Crippen molar-refractivity contribution in [1.29, 1.82) is 0 Å². The monoisotopic (exact) mass is 374 g/mol. The predicted octanol–water partition coefficient (Wildman–Crippen LogP) is 4.35. The van der Waals surface area contributed by atoms with Crippen molar-refractivity contribution in [3.63, 3.8) is 0 Å². The molecule has 0 radical (unpaired) electrons. The zero-order valence-corrected chi connectivity index (χ0v) is 14.5. The highest BCUT2D eigenvalue weighted by atomic mass is 35.5. The minimum absolute atomic E-state index is 0.304. The number of hydrogen-bond acceptors (Lipinski definition) is 4. The number of aryl methyl sites for hydroxylation is 1. The van der Waals surface area contributed by atoms with Crippen molar-refractivity contribution in [3.8, 4) is 0 Å². The zero-order valence-electron chi connectivity index (χ0n) is 11.4. The third-order valence-electron chi connectivity index (χ3n) is 3.55. The van der Waals surface area contributed by atoms with Crippen LogP contribution in [0.2, 0.25) is 8.67 Å². The molecule has 8 heteroatoms. The van der Waals surface area contributed by atoms with Gasteiger partial charge in [-0.25, -0.2) is 0 Å². The van der Waals surface area contributed by atoms with E-state index in [0.29, 0.717) is 24.8 Å². The molecule has 1 aliphatic carbocycles. The molecule has 0 spiro atoms. The molecule has 2 amide bonds. The molecule has 2 aromatic heterocycles. The molecule has 0 bridgehead atoms. The fourth-order valence-corrected chi connectivity index (χ4v) is 5.33. The second kappa shape index (κ2) is 6.20. The van der Waals surface area contributed by atoms with Gasteiger partial charge in [0.15, 0.2) is 0 Å². The number of hydrogen-bond donors (Lipinski definition) is 2. The molecule has 2 aromatic rings. The summed E-state index contributed by atoms with van der Waals surface area (Å²) in [5, 5.41) is 3.26.